The van der Waals surface area contributed by atoms with Crippen molar-refractivity contribution in [1.82, 2.24) is 5.32 Å². The Morgan fingerprint density at radius 2 is 1.89 bits per heavy atom. The maximum Gasteiger partial charge on any atom is 0.125 e. The number of benzene rings is 1. The molecule has 1 aromatic carbocycles. The van der Waals surface area contributed by atoms with Crippen molar-refractivity contribution in [2.24, 2.45) is 0 Å². The Hall–Kier alpha value is -0.730. The van der Waals surface area contributed by atoms with E-state index >= 15 is 0 Å². The van der Waals surface area contributed by atoms with Gasteiger partial charge in [0.2, 0.25) is 0 Å². The van der Waals surface area contributed by atoms with E-state index in [9.17, 15) is 0 Å². The molecule has 0 saturated heterocycles. The third-order valence-electron chi connectivity index (χ3n) is 3.49. The Kier molecular flexibility index (Phi) is 4.52. The van der Waals surface area contributed by atoms with Crippen LogP contribution in [0.25, 0.3) is 0 Å². The zero-order valence-electron chi connectivity index (χ0n) is 11.4. The second-order valence-corrected chi connectivity index (χ2v) is 5.67. The van der Waals surface area contributed by atoms with Crippen LogP contribution in [0.3, 0.4) is 0 Å². The minimum atomic E-state index is 0.359. The molecule has 0 heterocycles. The van der Waals surface area contributed by atoms with Crippen LogP contribution in [0.15, 0.2) is 12.1 Å². The molecule has 0 atom stereocenters. The summed E-state index contributed by atoms with van der Waals surface area (Å²) in [4.78, 5) is 0. The number of aryl methyl sites for hydroxylation is 2. The van der Waals surface area contributed by atoms with Crippen LogP contribution < -0.4 is 10.1 Å². The fourth-order valence-electron chi connectivity index (χ4n) is 2.43. The van der Waals surface area contributed by atoms with E-state index in [0.29, 0.717) is 12.1 Å². The van der Waals surface area contributed by atoms with Gasteiger partial charge in [-0.05, 0) is 62.9 Å². The average Bonchev–Trinajstić information content (AvgIpc) is 2.24. The van der Waals surface area contributed by atoms with Crippen molar-refractivity contribution in [3.05, 3.63) is 28.3 Å². The van der Waals surface area contributed by atoms with E-state index in [0.717, 1.165) is 41.3 Å². The molecular formula is C15H22ClNO. The first-order valence-corrected chi connectivity index (χ1v) is 7.14. The fraction of sp³-hybridized carbons (Fsp3) is 0.600. The Morgan fingerprint density at radius 1 is 1.28 bits per heavy atom. The van der Waals surface area contributed by atoms with Crippen LogP contribution in [-0.2, 0) is 0 Å². The van der Waals surface area contributed by atoms with Gasteiger partial charge in [0.1, 0.15) is 11.9 Å². The van der Waals surface area contributed by atoms with Gasteiger partial charge in [-0.1, -0.05) is 18.5 Å². The van der Waals surface area contributed by atoms with Crippen LogP contribution in [0.5, 0.6) is 5.75 Å². The Balaban J connectivity index is 1.89. The number of nitrogens with one attached hydrogen (secondary N) is 1. The topological polar surface area (TPSA) is 21.3 Å². The van der Waals surface area contributed by atoms with Crippen LogP contribution in [-0.4, -0.2) is 18.7 Å². The average molecular weight is 268 g/mol. The SMILES string of the molecule is CCCNC1CC(Oc2c(C)cc(Cl)cc2C)C1. The lowest BCUT2D eigenvalue weighted by atomic mass is 9.89. The van der Waals surface area contributed by atoms with Gasteiger partial charge in [-0.2, -0.15) is 0 Å². The van der Waals surface area contributed by atoms with E-state index in [1.165, 1.54) is 6.42 Å². The molecule has 0 aromatic heterocycles. The van der Waals surface area contributed by atoms with Gasteiger partial charge < -0.3 is 10.1 Å². The van der Waals surface area contributed by atoms with E-state index in [-0.39, 0.29) is 0 Å². The van der Waals surface area contributed by atoms with Gasteiger partial charge in [0.15, 0.2) is 0 Å². The van der Waals surface area contributed by atoms with E-state index < -0.39 is 0 Å². The zero-order valence-corrected chi connectivity index (χ0v) is 12.2. The molecule has 18 heavy (non-hydrogen) atoms. The Bertz CT molecular complexity index is 390. The number of hydrogen-bond donors (Lipinski definition) is 1. The normalized spacial score (nSPS) is 22.7. The molecule has 0 radical (unpaired) electrons. The summed E-state index contributed by atoms with van der Waals surface area (Å²) in [6.45, 7) is 7.41. The number of ether oxygens (including phenoxy) is 1. The third-order valence-corrected chi connectivity index (χ3v) is 3.71. The van der Waals surface area contributed by atoms with Gasteiger partial charge in [-0.25, -0.2) is 0 Å². The maximum absolute atomic E-state index is 6.08. The molecule has 0 spiro atoms. The maximum atomic E-state index is 6.08. The van der Waals surface area contributed by atoms with Crippen molar-refractivity contribution in [3.63, 3.8) is 0 Å². The molecule has 1 fully saturated rings. The largest absolute Gasteiger partial charge is 0.490 e. The molecule has 1 aliphatic carbocycles. The second kappa shape index (κ2) is 5.94. The summed E-state index contributed by atoms with van der Waals surface area (Å²) in [5.74, 6) is 1.01. The number of halogens is 1. The highest BCUT2D eigenvalue weighted by Gasteiger charge is 2.30. The van der Waals surface area contributed by atoms with E-state index in [4.69, 9.17) is 16.3 Å². The predicted octanol–water partition coefficient (Wildman–Crippen LogP) is 3.87. The zero-order chi connectivity index (χ0) is 13.1. The summed E-state index contributed by atoms with van der Waals surface area (Å²) in [5, 5.41) is 4.31. The Morgan fingerprint density at radius 3 is 2.44 bits per heavy atom. The molecule has 100 valence electrons. The van der Waals surface area contributed by atoms with Crippen LogP contribution in [0.1, 0.15) is 37.3 Å². The van der Waals surface area contributed by atoms with Crippen molar-refractivity contribution >= 4 is 11.6 Å². The summed E-state index contributed by atoms with van der Waals surface area (Å²) >= 11 is 6.02. The summed E-state index contributed by atoms with van der Waals surface area (Å²) in [5.41, 5.74) is 2.26. The molecule has 2 nitrogen and oxygen atoms in total. The van der Waals surface area contributed by atoms with Gasteiger partial charge in [-0.3, -0.25) is 0 Å². The lowest BCUT2D eigenvalue weighted by Gasteiger charge is -2.36. The van der Waals surface area contributed by atoms with Crippen molar-refractivity contribution in [1.29, 1.82) is 0 Å². The third kappa shape index (κ3) is 3.18. The first kappa shape index (κ1) is 13.7. The van der Waals surface area contributed by atoms with E-state index in [1.54, 1.807) is 0 Å². The highest BCUT2D eigenvalue weighted by atomic mass is 35.5. The Labute approximate surface area is 115 Å². The van der Waals surface area contributed by atoms with E-state index in [2.05, 4.69) is 26.1 Å². The first-order valence-electron chi connectivity index (χ1n) is 6.77. The molecule has 0 aliphatic heterocycles. The summed E-state index contributed by atoms with van der Waals surface area (Å²) in [6, 6.07) is 4.58. The van der Waals surface area contributed by atoms with Gasteiger partial charge >= 0.3 is 0 Å². The lowest BCUT2D eigenvalue weighted by molar-refractivity contribution is 0.0839. The van der Waals surface area contributed by atoms with Gasteiger partial charge in [0.25, 0.3) is 0 Å². The smallest absolute Gasteiger partial charge is 0.125 e. The monoisotopic (exact) mass is 267 g/mol. The minimum Gasteiger partial charge on any atom is -0.490 e. The second-order valence-electron chi connectivity index (χ2n) is 5.23. The van der Waals surface area contributed by atoms with Gasteiger partial charge in [0.05, 0.1) is 0 Å². The van der Waals surface area contributed by atoms with Crippen LogP contribution in [0.4, 0.5) is 0 Å². The molecule has 1 saturated carbocycles. The quantitative estimate of drug-likeness (QED) is 0.875. The molecule has 0 bridgehead atoms. The van der Waals surface area contributed by atoms with E-state index in [1.807, 2.05) is 12.1 Å². The van der Waals surface area contributed by atoms with Crippen molar-refractivity contribution in [2.45, 2.75) is 52.2 Å². The van der Waals surface area contributed by atoms with Crippen molar-refractivity contribution in [3.8, 4) is 5.75 Å². The molecular weight excluding hydrogens is 246 g/mol. The molecule has 1 N–H and O–H groups in total. The fourth-order valence-corrected chi connectivity index (χ4v) is 2.75. The molecule has 3 heteroatoms. The van der Waals surface area contributed by atoms with Gasteiger partial charge in [0, 0.05) is 11.1 Å². The molecule has 1 aromatic rings. The van der Waals surface area contributed by atoms with Crippen molar-refractivity contribution < 1.29 is 4.74 Å². The summed E-state index contributed by atoms with van der Waals surface area (Å²) in [7, 11) is 0. The lowest BCUT2D eigenvalue weighted by Crippen LogP contribution is -2.47. The predicted molar refractivity (Wildman–Crippen MR) is 76.7 cm³/mol. The van der Waals surface area contributed by atoms with Gasteiger partial charge in [-0.15, -0.1) is 0 Å². The molecule has 2 rings (SSSR count). The van der Waals surface area contributed by atoms with Crippen LogP contribution >= 0.6 is 11.6 Å². The highest BCUT2D eigenvalue weighted by Crippen LogP contribution is 2.32. The highest BCUT2D eigenvalue weighted by molar-refractivity contribution is 6.30. The first-order chi connectivity index (χ1) is 8.60. The van der Waals surface area contributed by atoms with Crippen LogP contribution in [0.2, 0.25) is 5.02 Å². The molecule has 0 unspecified atom stereocenters. The standard InChI is InChI=1S/C15H22ClNO/c1-4-5-17-13-8-14(9-13)18-15-10(2)6-12(16)7-11(15)3/h6-7,13-14,17H,4-5,8-9H2,1-3H3. The molecule has 1 aliphatic rings. The number of rotatable bonds is 5. The minimum absolute atomic E-state index is 0.359. The summed E-state index contributed by atoms with van der Waals surface area (Å²) < 4.78 is 6.08. The van der Waals surface area contributed by atoms with Crippen molar-refractivity contribution in [2.75, 3.05) is 6.54 Å². The number of hydrogen-bond acceptors (Lipinski definition) is 2. The van der Waals surface area contributed by atoms with Crippen LogP contribution in [0, 0.1) is 13.8 Å². The summed E-state index contributed by atoms with van der Waals surface area (Å²) in [6.07, 6.45) is 3.78. The molecule has 0 amide bonds.